The van der Waals surface area contributed by atoms with Crippen LogP contribution < -0.4 is 10.6 Å². The molecule has 0 heterocycles. The van der Waals surface area contributed by atoms with Gasteiger partial charge in [0.05, 0.1) is 0 Å². The Kier molecular flexibility index (Phi) is 6.36. The van der Waals surface area contributed by atoms with Gasteiger partial charge in [0.15, 0.2) is 0 Å². The number of amides is 1. The van der Waals surface area contributed by atoms with Crippen LogP contribution in [-0.4, -0.2) is 30.1 Å². The Morgan fingerprint density at radius 2 is 2.06 bits per heavy atom. The van der Waals surface area contributed by atoms with Crippen molar-refractivity contribution in [2.75, 3.05) is 11.9 Å². The van der Waals surface area contributed by atoms with Gasteiger partial charge in [-0.2, -0.15) is 0 Å². The van der Waals surface area contributed by atoms with Gasteiger partial charge < -0.3 is 15.7 Å². The molecule has 1 amide bonds. The van der Waals surface area contributed by atoms with Crippen molar-refractivity contribution in [1.29, 1.82) is 0 Å². The van der Waals surface area contributed by atoms with Gasteiger partial charge in [-0.1, -0.05) is 12.1 Å². The summed E-state index contributed by atoms with van der Waals surface area (Å²) >= 11 is 0. The summed E-state index contributed by atoms with van der Waals surface area (Å²) in [6, 6.07) is 6.20. The largest absolute Gasteiger partial charge is 0.480 e. The van der Waals surface area contributed by atoms with Crippen LogP contribution >= 0.6 is 12.4 Å². The van der Waals surface area contributed by atoms with Crippen molar-refractivity contribution < 1.29 is 14.7 Å². The smallest absolute Gasteiger partial charge is 0.320 e. The van der Waals surface area contributed by atoms with Crippen molar-refractivity contribution in [3.05, 3.63) is 29.8 Å². The summed E-state index contributed by atoms with van der Waals surface area (Å²) in [6.45, 7) is 1.47. The summed E-state index contributed by atoms with van der Waals surface area (Å²) < 4.78 is 0. The molecule has 0 bridgehead atoms. The number of hydrogen-bond donors (Lipinski definition) is 2. The van der Waals surface area contributed by atoms with E-state index in [-0.39, 0.29) is 24.7 Å². The molecule has 1 aromatic carbocycles. The number of nitrogens with two attached hydrogens (primary N) is 1. The van der Waals surface area contributed by atoms with E-state index in [1.54, 1.807) is 31.3 Å². The quantitative estimate of drug-likeness (QED) is 0.858. The minimum atomic E-state index is -1.03. The topological polar surface area (TPSA) is 83.6 Å². The van der Waals surface area contributed by atoms with Crippen LogP contribution in [0.2, 0.25) is 0 Å². The maximum Gasteiger partial charge on any atom is 0.320 e. The van der Waals surface area contributed by atoms with Crippen molar-refractivity contribution in [3.63, 3.8) is 0 Å². The highest BCUT2D eigenvalue weighted by atomic mass is 35.5. The van der Waals surface area contributed by atoms with Crippen molar-refractivity contribution in [2.24, 2.45) is 5.73 Å². The Balaban J connectivity index is 0.00000289. The lowest BCUT2D eigenvalue weighted by Gasteiger charge is -2.16. The Bertz CT molecular complexity index is 437. The van der Waals surface area contributed by atoms with Crippen LogP contribution in [0.1, 0.15) is 12.5 Å². The fourth-order valence-electron chi connectivity index (χ4n) is 1.42. The molecule has 5 nitrogen and oxygen atoms in total. The Morgan fingerprint density at radius 3 is 2.56 bits per heavy atom. The molecule has 0 fully saturated rings. The first-order chi connectivity index (χ1) is 7.91. The number of carboxylic acid groups (broad SMARTS) is 1. The lowest BCUT2D eigenvalue weighted by atomic mass is 10.1. The summed E-state index contributed by atoms with van der Waals surface area (Å²) in [5.74, 6) is -1.11. The Morgan fingerprint density at radius 1 is 1.44 bits per heavy atom. The third-order valence-electron chi connectivity index (χ3n) is 2.54. The molecule has 0 saturated carbocycles. The van der Waals surface area contributed by atoms with Gasteiger partial charge in [-0.25, -0.2) is 0 Å². The van der Waals surface area contributed by atoms with Gasteiger partial charge in [-0.15, -0.1) is 12.4 Å². The molecule has 0 aliphatic rings. The van der Waals surface area contributed by atoms with Gasteiger partial charge in [0.25, 0.3) is 0 Å². The predicted octanol–water partition coefficient (Wildman–Crippen LogP) is 1.05. The molecule has 1 unspecified atom stereocenters. The van der Waals surface area contributed by atoms with Crippen molar-refractivity contribution in [2.45, 2.75) is 19.4 Å². The maximum absolute atomic E-state index is 11.2. The molecule has 0 aromatic heterocycles. The molecule has 0 radical (unpaired) electrons. The monoisotopic (exact) mass is 272 g/mol. The highest BCUT2D eigenvalue weighted by Gasteiger charge is 2.13. The molecule has 0 aliphatic heterocycles. The minimum Gasteiger partial charge on any atom is -0.480 e. The number of aliphatic carboxylic acids is 1. The van der Waals surface area contributed by atoms with E-state index in [1.165, 1.54) is 11.8 Å². The van der Waals surface area contributed by atoms with E-state index in [0.717, 1.165) is 11.3 Å². The molecule has 1 atom stereocenters. The molecule has 18 heavy (non-hydrogen) atoms. The van der Waals surface area contributed by atoms with Gasteiger partial charge in [0.1, 0.15) is 6.04 Å². The van der Waals surface area contributed by atoms with Crippen LogP contribution in [0.5, 0.6) is 0 Å². The van der Waals surface area contributed by atoms with Gasteiger partial charge in [-0.3, -0.25) is 9.59 Å². The second-order valence-corrected chi connectivity index (χ2v) is 3.90. The van der Waals surface area contributed by atoms with E-state index in [9.17, 15) is 9.59 Å². The summed E-state index contributed by atoms with van der Waals surface area (Å²) in [4.78, 5) is 23.3. The molecule has 0 aliphatic carbocycles. The third-order valence-corrected chi connectivity index (χ3v) is 2.54. The minimum absolute atomic E-state index is 0. The first kappa shape index (κ1) is 16.4. The highest BCUT2D eigenvalue weighted by molar-refractivity contribution is 5.90. The lowest BCUT2D eigenvalue weighted by Crippen LogP contribution is -2.32. The van der Waals surface area contributed by atoms with E-state index in [0.29, 0.717) is 0 Å². The fourth-order valence-corrected chi connectivity index (χ4v) is 1.42. The van der Waals surface area contributed by atoms with Crippen LogP contribution in [0.3, 0.4) is 0 Å². The van der Waals surface area contributed by atoms with Crippen LogP contribution in [0, 0.1) is 0 Å². The molecule has 1 aromatic rings. The van der Waals surface area contributed by atoms with Gasteiger partial charge in [0, 0.05) is 19.7 Å². The molecule has 6 heteroatoms. The third kappa shape index (κ3) is 4.35. The Hall–Kier alpha value is -1.59. The van der Waals surface area contributed by atoms with Crippen molar-refractivity contribution in [1.82, 2.24) is 0 Å². The number of carbonyl (C=O) groups excluding carboxylic acids is 1. The number of rotatable bonds is 4. The van der Waals surface area contributed by atoms with Crippen molar-refractivity contribution >= 4 is 30.0 Å². The summed E-state index contributed by atoms with van der Waals surface area (Å²) in [7, 11) is 1.67. The molecule has 100 valence electrons. The fraction of sp³-hybridized carbons (Fsp3) is 0.333. The molecular formula is C12H17ClN2O3. The standard InChI is InChI=1S/C12H16N2O3.ClH/c1-8(15)14(2)10-5-3-4-9(6-10)7-11(13)12(16)17;/h3-6,11H,7,13H2,1-2H3,(H,16,17);1H. The normalized spacial score (nSPS) is 11.3. The van der Waals surface area contributed by atoms with Crippen LogP contribution in [0.25, 0.3) is 0 Å². The average molecular weight is 273 g/mol. The molecule has 0 spiro atoms. The number of carboxylic acids is 1. The number of halogens is 1. The van der Waals surface area contributed by atoms with E-state index in [4.69, 9.17) is 10.8 Å². The number of hydrogen-bond acceptors (Lipinski definition) is 3. The second kappa shape index (κ2) is 6.98. The van der Waals surface area contributed by atoms with E-state index in [2.05, 4.69) is 0 Å². The highest BCUT2D eigenvalue weighted by Crippen LogP contribution is 2.15. The first-order valence-electron chi connectivity index (χ1n) is 5.23. The van der Waals surface area contributed by atoms with Crippen LogP contribution in [0.4, 0.5) is 5.69 Å². The zero-order valence-corrected chi connectivity index (χ0v) is 11.1. The SMILES string of the molecule is CC(=O)N(C)c1cccc(CC(N)C(=O)O)c1.Cl. The molecular weight excluding hydrogens is 256 g/mol. The zero-order valence-electron chi connectivity index (χ0n) is 10.3. The number of nitrogens with zero attached hydrogens (tertiary/aromatic N) is 1. The predicted molar refractivity (Wildman–Crippen MR) is 72.1 cm³/mol. The van der Waals surface area contributed by atoms with Crippen LogP contribution in [0.15, 0.2) is 24.3 Å². The van der Waals surface area contributed by atoms with Gasteiger partial charge >= 0.3 is 5.97 Å². The summed E-state index contributed by atoms with van der Waals surface area (Å²) in [6.07, 6.45) is 0.245. The molecule has 1 rings (SSSR count). The number of anilines is 1. The Labute approximate surface area is 112 Å². The van der Waals surface area contributed by atoms with Gasteiger partial charge in [0.2, 0.25) is 5.91 Å². The number of carbonyl (C=O) groups is 2. The van der Waals surface area contributed by atoms with Crippen molar-refractivity contribution in [3.8, 4) is 0 Å². The lowest BCUT2D eigenvalue weighted by molar-refractivity contribution is -0.138. The molecule has 3 N–H and O–H groups in total. The second-order valence-electron chi connectivity index (χ2n) is 3.90. The summed E-state index contributed by atoms with van der Waals surface area (Å²) in [5, 5.41) is 8.72. The van der Waals surface area contributed by atoms with E-state index in [1.807, 2.05) is 0 Å². The zero-order chi connectivity index (χ0) is 13.0. The molecule has 0 saturated heterocycles. The number of benzene rings is 1. The average Bonchev–Trinajstić information content (AvgIpc) is 2.28. The van der Waals surface area contributed by atoms with E-state index < -0.39 is 12.0 Å². The summed E-state index contributed by atoms with van der Waals surface area (Å²) in [5.41, 5.74) is 6.98. The van der Waals surface area contributed by atoms with Gasteiger partial charge in [-0.05, 0) is 24.1 Å². The van der Waals surface area contributed by atoms with E-state index >= 15 is 0 Å². The first-order valence-corrected chi connectivity index (χ1v) is 5.23. The maximum atomic E-state index is 11.2. The van der Waals surface area contributed by atoms with Crippen LogP contribution in [-0.2, 0) is 16.0 Å².